The molecule has 8 heteroatoms. The summed E-state index contributed by atoms with van der Waals surface area (Å²) in [5.74, 6) is 0.838. The van der Waals surface area contributed by atoms with Crippen LogP contribution in [0.5, 0.6) is 5.75 Å². The van der Waals surface area contributed by atoms with Crippen molar-refractivity contribution in [1.29, 1.82) is 0 Å². The summed E-state index contributed by atoms with van der Waals surface area (Å²) in [6.07, 6.45) is 1.55. The third-order valence-electron chi connectivity index (χ3n) is 4.57. The second-order valence-corrected chi connectivity index (χ2v) is 6.43. The summed E-state index contributed by atoms with van der Waals surface area (Å²) in [4.78, 5) is 28.7. The molecule has 1 amide bonds. The van der Waals surface area contributed by atoms with E-state index >= 15 is 0 Å². The number of rotatable bonds is 6. The molecule has 0 saturated heterocycles. The number of nitrogens with zero attached hydrogens (tertiary/aromatic N) is 3. The minimum absolute atomic E-state index is 0.160. The number of benzene rings is 2. The number of aromatic nitrogens is 4. The summed E-state index contributed by atoms with van der Waals surface area (Å²) in [7, 11) is 1.52. The fourth-order valence-corrected chi connectivity index (χ4v) is 3.01. The number of methoxy groups -OCH3 is 1. The Morgan fingerprint density at radius 3 is 2.72 bits per heavy atom. The van der Waals surface area contributed by atoms with Gasteiger partial charge >= 0.3 is 0 Å². The van der Waals surface area contributed by atoms with Gasteiger partial charge in [0.2, 0.25) is 5.95 Å². The van der Waals surface area contributed by atoms with Gasteiger partial charge in [-0.25, -0.2) is 4.98 Å². The lowest BCUT2D eigenvalue weighted by atomic mass is 10.1. The first-order chi connectivity index (χ1) is 14.2. The summed E-state index contributed by atoms with van der Waals surface area (Å²) in [6, 6.07) is 15.1. The van der Waals surface area contributed by atoms with E-state index < -0.39 is 0 Å². The summed E-state index contributed by atoms with van der Waals surface area (Å²) in [6.45, 7) is 2.64. The van der Waals surface area contributed by atoms with E-state index in [-0.39, 0.29) is 11.9 Å². The van der Waals surface area contributed by atoms with Crippen molar-refractivity contribution in [3.05, 3.63) is 71.5 Å². The van der Waals surface area contributed by atoms with E-state index in [9.17, 15) is 4.79 Å². The van der Waals surface area contributed by atoms with Crippen LogP contribution < -0.4 is 15.4 Å². The normalized spacial score (nSPS) is 10.7. The first-order valence-corrected chi connectivity index (χ1v) is 9.09. The van der Waals surface area contributed by atoms with Crippen molar-refractivity contribution < 1.29 is 9.53 Å². The second kappa shape index (κ2) is 7.97. The van der Waals surface area contributed by atoms with Gasteiger partial charge < -0.3 is 15.0 Å². The Kier molecular flexibility index (Phi) is 5.07. The van der Waals surface area contributed by atoms with Crippen molar-refractivity contribution in [3.8, 4) is 5.75 Å². The van der Waals surface area contributed by atoms with Crippen LogP contribution in [0.25, 0.3) is 11.2 Å². The molecule has 0 aliphatic rings. The average Bonchev–Trinajstić information content (AvgIpc) is 3.21. The molecule has 0 spiro atoms. The van der Waals surface area contributed by atoms with E-state index in [1.54, 1.807) is 30.6 Å². The van der Waals surface area contributed by atoms with Crippen LogP contribution in [-0.2, 0) is 6.54 Å². The van der Waals surface area contributed by atoms with Gasteiger partial charge in [-0.05, 0) is 30.2 Å². The number of aromatic amines is 1. The number of hydrogen-bond acceptors (Lipinski definition) is 6. The molecule has 29 heavy (non-hydrogen) atoms. The molecule has 2 aromatic heterocycles. The molecule has 0 bridgehead atoms. The number of anilines is 2. The molecular weight excluding hydrogens is 368 g/mol. The molecule has 3 N–H and O–H groups in total. The van der Waals surface area contributed by atoms with Crippen LogP contribution in [-0.4, -0.2) is 33.0 Å². The quantitative estimate of drug-likeness (QED) is 0.467. The summed E-state index contributed by atoms with van der Waals surface area (Å²) < 4.78 is 5.25. The Morgan fingerprint density at radius 1 is 1.10 bits per heavy atom. The number of hydrogen-bond donors (Lipinski definition) is 3. The Morgan fingerprint density at radius 2 is 1.90 bits per heavy atom. The number of para-hydroxylation sites is 1. The third kappa shape index (κ3) is 3.86. The zero-order valence-electron chi connectivity index (χ0n) is 16.1. The highest BCUT2D eigenvalue weighted by atomic mass is 16.5. The highest BCUT2D eigenvalue weighted by Crippen LogP contribution is 2.22. The minimum Gasteiger partial charge on any atom is -0.496 e. The van der Waals surface area contributed by atoms with Crippen LogP contribution in [0.2, 0.25) is 0 Å². The Balaban J connectivity index is 1.61. The van der Waals surface area contributed by atoms with E-state index in [2.05, 4.69) is 49.6 Å². The molecule has 4 rings (SSSR count). The van der Waals surface area contributed by atoms with Crippen LogP contribution in [0, 0.1) is 6.92 Å². The molecule has 0 atom stereocenters. The molecule has 2 heterocycles. The number of H-pyrrole nitrogens is 1. The SMILES string of the molecule is COc1ccccc1C(=O)Nc1nc(NCc2ccccc2C)c2[nH]cnc2n1. The zero-order chi connectivity index (χ0) is 20.2. The Labute approximate surface area is 167 Å². The van der Waals surface area contributed by atoms with Gasteiger partial charge in [0.05, 0.1) is 19.0 Å². The molecule has 0 radical (unpaired) electrons. The number of carbonyl (C=O) groups is 1. The topological polar surface area (TPSA) is 105 Å². The fraction of sp³-hybridized carbons (Fsp3) is 0.143. The second-order valence-electron chi connectivity index (χ2n) is 6.43. The number of amides is 1. The van der Waals surface area contributed by atoms with Gasteiger partial charge in [-0.15, -0.1) is 0 Å². The lowest BCUT2D eigenvalue weighted by Crippen LogP contribution is -2.16. The number of carbonyl (C=O) groups excluding carboxylic acids is 1. The van der Waals surface area contributed by atoms with Crippen LogP contribution >= 0.6 is 0 Å². The van der Waals surface area contributed by atoms with Gasteiger partial charge in [-0.2, -0.15) is 9.97 Å². The number of fused-ring (bicyclic) bond motifs is 1. The monoisotopic (exact) mass is 388 g/mol. The molecule has 0 aliphatic carbocycles. The van der Waals surface area contributed by atoms with Gasteiger partial charge in [0.15, 0.2) is 11.5 Å². The van der Waals surface area contributed by atoms with E-state index in [4.69, 9.17) is 4.74 Å². The summed E-state index contributed by atoms with van der Waals surface area (Å²) >= 11 is 0. The number of aryl methyl sites for hydroxylation is 1. The molecule has 2 aromatic carbocycles. The standard InChI is InChI=1S/C21H20N6O2/c1-13-7-3-4-8-14(13)11-22-18-17-19(24-12-23-17)26-21(25-18)27-20(28)15-9-5-6-10-16(15)29-2/h3-10,12H,11H2,1-2H3,(H3,22,23,24,25,26,27,28). The first-order valence-electron chi connectivity index (χ1n) is 9.09. The van der Waals surface area contributed by atoms with Crippen molar-refractivity contribution in [2.24, 2.45) is 0 Å². The van der Waals surface area contributed by atoms with Crippen LogP contribution in [0.1, 0.15) is 21.5 Å². The zero-order valence-corrected chi connectivity index (χ0v) is 16.1. The maximum Gasteiger partial charge on any atom is 0.261 e. The van der Waals surface area contributed by atoms with Gasteiger partial charge in [0.25, 0.3) is 5.91 Å². The lowest BCUT2D eigenvalue weighted by molar-refractivity contribution is 0.102. The molecule has 0 saturated carbocycles. The summed E-state index contributed by atoms with van der Waals surface area (Å²) in [5, 5.41) is 6.04. The number of ether oxygens (including phenoxy) is 1. The van der Waals surface area contributed by atoms with E-state index in [1.807, 2.05) is 12.1 Å². The molecule has 4 aromatic rings. The molecular formula is C21H20N6O2. The van der Waals surface area contributed by atoms with Gasteiger partial charge in [0, 0.05) is 6.54 Å². The number of imidazole rings is 1. The van der Waals surface area contributed by atoms with Crippen molar-refractivity contribution in [2.45, 2.75) is 13.5 Å². The van der Waals surface area contributed by atoms with Crippen LogP contribution in [0.15, 0.2) is 54.9 Å². The molecule has 0 fully saturated rings. The molecule has 0 unspecified atom stereocenters. The summed E-state index contributed by atoms with van der Waals surface area (Å²) in [5.41, 5.74) is 3.87. The molecule has 0 aliphatic heterocycles. The van der Waals surface area contributed by atoms with Crippen LogP contribution in [0.3, 0.4) is 0 Å². The third-order valence-corrected chi connectivity index (χ3v) is 4.57. The predicted molar refractivity (Wildman–Crippen MR) is 111 cm³/mol. The fourth-order valence-electron chi connectivity index (χ4n) is 3.01. The van der Waals surface area contributed by atoms with Gasteiger partial charge in [-0.1, -0.05) is 36.4 Å². The van der Waals surface area contributed by atoms with Gasteiger partial charge in [-0.3, -0.25) is 10.1 Å². The van der Waals surface area contributed by atoms with E-state index in [1.165, 1.54) is 12.7 Å². The van der Waals surface area contributed by atoms with Crippen molar-refractivity contribution in [2.75, 3.05) is 17.7 Å². The minimum atomic E-state index is -0.359. The first kappa shape index (κ1) is 18.4. The van der Waals surface area contributed by atoms with Crippen molar-refractivity contribution in [3.63, 3.8) is 0 Å². The maximum absolute atomic E-state index is 12.7. The highest BCUT2D eigenvalue weighted by Gasteiger charge is 2.16. The Bertz CT molecular complexity index is 1170. The Hall–Kier alpha value is -3.94. The van der Waals surface area contributed by atoms with Crippen molar-refractivity contribution in [1.82, 2.24) is 19.9 Å². The van der Waals surface area contributed by atoms with E-state index in [0.717, 1.165) is 5.56 Å². The molecule has 146 valence electrons. The molecule has 8 nitrogen and oxygen atoms in total. The smallest absolute Gasteiger partial charge is 0.261 e. The lowest BCUT2D eigenvalue weighted by Gasteiger charge is -2.11. The van der Waals surface area contributed by atoms with Crippen molar-refractivity contribution >= 4 is 28.8 Å². The highest BCUT2D eigenvalue weighted by molar-refractivity contribution is 6.05. The van der Waals surface area contributed by atoms with E-state index in [0.29, 0.717) is 34.8 Å². The van der Waals surface area contributed by atoms with Crippen LogP contribution in [0.4, 0.5) is 11.8 Å². The number of nitrogens with one attached hydrogen (secondary N) is 3. The maximum atomic E-state index is 12.7. The predicted octanol–water partition coefficient (Wildman–Crippen LogP) is 3.53. The largest absolute Gasteiger partial charge is 0.496 e. The average molecular weight is 388 g/mol. The van der Waals surface area contributed by atoms with Gasteiger partial charge in [0.1, 0.15) is 11.3 Å².